The van der Waals surface area contributed by atoms with Crippen molar-refractivity contribution in [1.29, 1.82) is 0 Å². The Labute approximate surface area is 336 Å². The standard InChI is InChI=1S/C54H32N2OS/c1-2-11-33(12-3-1)38-16-10-18-49-54(38)45-30-35(22-28-48(45)56(49)36-23-25-41-40-14-5-8-19-50(40)57-51(41)31-36)34-21-27-47-44(29-34)39-13-4-7-17-46(39)55(47)37-24-26-43-42-15-6-9-20-52(42)58-53(43)32-37/h1-32H. The minimum absolute atomic E-state index is 0.890. The number of fused-ring (bicyclic) bond motifs is 12. The van der Waals surface area contributed by atoms with Crippen molar-refractivity contribution in [3.05, 3.63) is 194 Å². The Morgan fingerprint density at radius 1 is 0.328 bits per heavy atom. The normalized spacial score (nSPS) is 12.1. The highest BCUT2D eigenvalue weighted by atomic mass is 32.1. The van der Waals surface area contributed by atoms with E-state index in [0.29, 0.717) is 0 Å². The van der Waals surface area contributed by atoms with Crippen molar-refractivity contribution < 1.29 is 4.42 Å². The molecule has 0 bridgehead atoms. The minimum Gasteiger partial charge on any atom is -0.456 e. The molecule has 0 radical (unpaired) electrons. The number of nitrogens with zero attached hydrogens (tertiary/aromatic N) is 2. The summed E-state index contributed by atoms with van der Waals surface area (Å²) in [6.45, 7) is 0. The fourth-order valence-electron chi connectivity index (χ4n) is 9.52. The van der Waals surface area contributed by atoms with Crippen molar-refractivity contribution in [2.75, 3.05) is 0 Å². The molecule has 4 aromatic heterocycles. The zero-order valence-corrected chi connectivity index (χ0v) is 32.0. The van der Waals surface area contributed by atoms with Gasteiger partial charge in [0.05, 0.1) is 22.1 Å². The number of thiophene rings is 1. The lowest BCUT2D eigenvalue weighted by Crippen LogP contribution is -1.94. The molecule has 0 atom stereocenters. The Hall–Kier alpha value is -7.40. The van der Waals surface area contributed by atoms with Crippen LogP contribution in [0.5, 0.6) is 0 Å². The molecule has 0 spiro atoms. The highest BCUT2D eigenvalue weighted by Crippen LogP contribution is 2.43. The van der Waals surface area contributed by atoms with Gasteiger partial charge in [-0.15, -0.1) is 11.3 Å². The monoisotopic (exact) mass is 756 g/mol. The molecule has 4 heterocycles. The van der Waals surface area contributed by atoms with Crippen LogP contribution in [0.15, 0.2) is 199 Å². The number of aromatic nitrogens is 2. The van der Waals surface area contributed by atoms with Gasteiger partial charge in [-0.3, -0.25) is 0 Å². The molecule has 0 fully saturated rings. The first kappa shape index (κ1) is 31.8. The van der Waals surface area contributed by atoms with Gasteiger partial charge in [0.2, 0.25) is 0 Å². The minimum atomic E-state index is 0.890. The molecule has 270 valence electrons. The molecular formula is C54H32N2OS. The van der Waals surface area contributed by atoms with Gasteiger partial charge >= 0.3 is 0 Å². The van der Waals surface area contributed by atoms with E-state index in [4.69, 9.17) is 4.42 Å². The maximum atomic E-state index is 6.40. The van der Waals surface area contributed by atoms with Crippen LogP contribution in [0.2, 0.25) is 0 Å². The molecule has 3 nitrogen and oxygen atoms in total. The Balaban J connectivity index is 1.02. The van der Waals surface area contributed by atoms with Crippen LogP contribution in [0, 0.1) is 0 Å². The third kappa shape index (κ3) is 4.55. The Bertz CT molecular complexity index is 3800. The van der Waals surface area contributed by atoms with E-state index in [2.05, 4.69) is 191 Å². The Morgan fingerprint density at radius 3 is 1.79 bits per heavy atom. The number of furan rings is 1. The van der Waals surface area contributed by atoms with Gasteiger partial charge in [0.1, 0.15) is 11.2 Å². The lowest BCUT2D eigenvalue weighted by Gasteiger charge is -2.10. The molecule has 0 aliphatic rings. The molecule has 0 saturated heterocycles. The van der Waals surface area contributed by atoms with Gasteiger partial charge in [-0.25, -0.2) is 0 Å². The van der Waals surface area contributed by atoms with E-state index < -0.39 is 0 Å². The largest absolute Gasteiger partial charge is 0.456 e. The van der Waals surface area contributed by atoms with E-state index in [1.807, 2.05) is 23.5 Å². The van der Waals surface area contributed by atoms with Crippen molar-refractivity contribution in [2.45, 2.75) is 0 Å². The van der Waals surface area contributed by atoms with Gasteiger partial charge in [0, 0.05) is 69.9 Å². The lowest BCUT2D eigenvalue weighted by molar-refractivity contribution is 0.668. The fraction of sp³-hybridized carbons (Fsp3) is 0. The average Bonchev–Trinajstić information content (AvgIpc) is 4.03. The van der Waals surface area contributed by atoms with Crippen LogP contribution < -0.4 is 0 Å². The van der Waals surface area contributed by atoms with Gasteiger partial charge in [-0.05, 0) is 95.1 Å². The second kappa shape index (κ2) is 12.1. The summed E-state index contributed by atoms with van der Waals surface area (Å²) in [5.41, 5.74) is 13.6. The molecule has 58 heavy (non-hydrogen) atoms. The van der Waals surface area contributed by atoms with E-state index in [9.17, 15) is 0 Å². The molecule has 13 aromatic rings. The summed E-state index contributed by atoms with van der Waals surface area (Å²) in [7, 11) is 0. The maximum absolute atomic E-state index is 6.40. The summed E-state index contributed by atoms with van der Waals surface area (Å²) in [5.74, 6) is 0. The Kier molecular flexibility index (Phi) is 6.60. The lowest BCUT2D eigenvalue weighted by atomic mass is 9.97. The summed E-state index contributed by atoms with van der Waals surface area (Å²) in [6.07, 6.45) is 0. The van der Waals surface area contributed by atoms with E-state index in [-0.39, 0.29) is 0 Å². The van der Waals surface area contributed by atoms with Crippen molar-refractivity contribution in [3.8, 4) is 33.6 Å². The maximum Gasteiger partial charge on any atom is 0.137 e. The quantitative estimate of drug-likeness (QED) is 0.175. The molecule has 13 rings (SSSR count). The molecule has 0 unspecified atom stereocenters. The average molecular weight is 757 g/mol. The summed E-state index contributed by atoms with van der Waals surface area (Å²) >= 11 is 1.87. The van der Waals surface area contributed by atoms with Gasteiger partial charge in [-0.2, -0.15) is 0 Å². The van der Waals surface area contributed by atoms with E-state index in [0.717, 1.165) is 38.7 Å². The number of rotatable bonds is 4. The highest BCUT2D eigenvalue weighted by molar-refractivity contribution is 7.25. The zero-order chi connectivity index (χ0) is 37.9. The van der Waals surface area contributed by atoms with Crippen LogP contribution in [0.25, 0.3) is 119 Å². The van der Waals surface area contributed by atoms with Gasteiger partial charge < -0.3 is 13.6 Å². The van der Waals surface area contributed by atoms with Crippen LogP contribution in [-0.4, -0.2) is 9.13 Å². The van der Waals surface area contributed by atoms with Crippen LogP contribution in [0.3, 0.4) is 0 Å². The number of para-hydroxylation sites is 2. The van der Waals surface area contributed by atoms with Gasteiger partial charge in [0.25, 0.3) is 0 Å². The molecule has 0 saturated carbocycles. The smallest absolute Gasteiger partial charge is 0.137 e. The van der Waals surface area contributed by atoms with E-state index >= 15 is 0 Å². The fourth-order valence-corrected chi connectivity index (χ4v) is 10.7. The van der Waals surface area contributed by atoms with Crippen LogP contribution in [0.4, 0.5) is 0 Å². The van der Waals surface area contributed by atoms with Crippen molar-refractivity contribution in [2.24, 2.45) is 0 Å². The molecule has 9 aromatic carbocycles. The summed E-state index contributed by atoms with van der Waals surface area (Å²) in [5, 5.41) is 9.86. The summed E-state index contributed by atoms with van der Waals surface area (Å²) in [6, 6.07) is 70.8. The van der Waals surface area contributed by atoms with E-state index in [1.54, 1.807) is 0 Å². The SMILES string of the molecule is c1ccc(-c2cccc3c2c2cc(-c4ccc5c(c4)c4ccccc4n5-c4ccc5c(c4)sc4ccccc45)ccc2n3-c2ccc3c(c2)oc2ccccc23)cc1. The second-order valence-corrected chi connectivity index (χ2v) is 16.4. The van der Waals surface area contributed by atoms with Crippen LogP contribution in [-0.2, 0) is 0 Å². The summed E-state index contributed by atoms with van der Waals surface area (Å²) in [4.78, 5) is 0. The second-order valence-electron chi connectivity index (χ2n) is 15.3. The van der Waals surface area contributed by atoms with Crippen LogP contribution in [0.1, 0.15) is 0 Å². The number of hydrogen-bond acceptors (Lipinski definition) is 2. The number of benzene rings is 9. The zero-order valence-electron chi connectivity index (χ0n) is 31.2. The van der Waals surface area contributed by atoms with Gasteiger partial charge in [0.15, 0.2) is 0 Å². The first-order valence-corrected chi connectivity index (χ1v) is 20.6. The molecule has 0 aliphatic heterocycles. The van der Waals surface area contributed by atoms with E-state index in [1.165, 1.54) is 80.7 Å². The predicted molar refractivity (Wildman–Crippen MR) is 246 cm³/mol. The van der Waals surface area contributed by atoms with Crippen molar-refractivity contribution in [3.63, 3.8) is 0 Å². The third-order valence-corrected chi connectivity index (χ3v) is 13.3. The van der Waals surface area contributed by atoms with Crippen molar-refractivity contribution in [1.82, 2.24) is 9.13 Å². The topological polar surface area (TPSA) is 23.0 Å². The molecule has 4 heteroatoms. The van der Waals surface area contributed by atoms with Gasteiger partial charge in [-0.1, -0.05) is 115 Å². The Morgan fingerprint density at radius 2 is 0.931 bits per heavy atom. The third-order valence-electron chi connectivity index (χ3n) is 12.1. The molecule has 0 N–H and O–H groups in total. The van der Waals surface area contributed by atoms with Crippen LogP contribution >= 0.6 is 11.3 Å². The molecular weight excluding hydrogens is 725 g/mol. The molecule has 0 aliphatic carbocycles. The first-order chi connectivity index (χ1) is 28.7. The number of hydrogen-bond donors (Lipinski definition) is 0. The highest BCUT2D eigenvalue weighted by Gasteiger charge is 2.20. The summed E-state index contributed by atoms with van der Waals surface area (Å²) < 4.78 is 13.9. The first-order valence-electron chi connectivity index (χ1n) is 19.7. The predicted octanol–water partition coefficient (Wildman–Crippen LogP) is 15.5. The van der Waals surface area contributed by atoms with Crippen molar-refractivity contribution >= 4 is 97.1 Å². The molecule has 0 amide bonds.